The summed E-state index contributed by atoms with van der Waals surface area (Å²) in [6, 6.07) is 32.1. The second-order valence-corrected chi connectivity index (χ2v) is 6.62. The van der Waals surface area contributed by atoms with E-state index in [2.05, 4.69) is 95.9 Å². The number of aliphatic hydroxyl groups excluding tert-OH is 3. The lowest BCUT2D eigenvalue weighted by atomic mass is 10.1. The first kappa shape index (κ1) is 21.8. The van der Waals surface area contributed by atoms with Gasteiger partial charge in [-0.15, -0.1) is 0 Å². The second-order valence-electron chi connectivity index (χ2n) is 6.62. The minimum Gasteiger partial charge on any atom is -0.394 e. The molecule has 148 valence electrons. The molecule has 0 aromatic heterocycles. The van der Waals surface area contributed by atoms with Crippen molar-refractivity contribution in [3.63, 3.8) is 0 Å². The predicted molar refractivity (Wildman–Crippen MR) is 112 cm³/mol. The van der Waals surface area contributed by atoms with Crippen LogP contribution in [0.2, 0.25) is 0 Å². The largest absolute Gasteiger partial charge is 0.394 e. The smallest absolute Gasteiger partial charge is 0.100 e. The van der Waals surface area contributed by atoms with E-state index < -0.39 is 6.10 Å². The summed E-state index contributed by atoms with van der Waals surface area (Å²) in [5.41, 5.74) is 4.07. The van der Waals surface area contributed by atoms with Crippen LogP contribution in [-0.2, 0) is 19.6 Å². The third-order valence-corrected chi connectivity index (χ3v) is 4.17. The van der Waals surface area contributed by atoms with E-state index >= 15 is 0 Å². The average molecular weight is 380 g/mol. The van der Waals surface area contributed by atoms with E-state index in [9.17, 15) is 0 Å². The van der Waals surface area contributed by atoms with Gasteiger partial charge in [-0.05, 0) is 16.7 Å². The highest BCUT2D eigenvalue weighted by Crippen LogP contribution is 2.14. The van der Waals surface area contributed by atoms with E-state index in [0.29, 0.717) is 0 Å². The molecule has 28 heavy (non-hydrogen) atoms. The lowest BCUT2D eigenvalue weighted by Crippen LogP contribution is -2.22. The van der Waals surface area contributed by atoms with E-state index in [1.54, 1.807) is 0 Å². The third kappa shape index (κ3) is 8.46. The van der Waals surface area contributed by atoms with Gasteiger partial charge in [0.05, 0.1) is 13.2 Å². The van der Waals surface area contributed by atoms with Crippen LogP contribution in [0.3, 0.4) is 0 Å². The highest BCUT2D eigenvalue weighted by Gasteiger charge is 2.08. The molecular formula is C24H29NO3. The first-order valence-electron chi connectivity index (χ1n) is 9.45. The van der Waals surface area contributed by atoms with Gasteiger partial charge in [-0.2, -0.15) is 0 Å². The first-order valence-corrected chi connectivity index (χ1v) is 9.45. The van der Waals surface area contributed by atoms with Crippen molar-refractivity contribution in [2.75, 3.05) is 13.2 Å². The molecule has 0 saturated heterocycles. The van der Waals surface area contributed by atoms with E-state index in [1.165, 1.54) is 16.7 Å². The Balaban J connectivity index is 0.000000409. The van der Waals surface area contributed by atoms with E-state index in [1.807, 2.05) is 0 Å². The Morgan fingerprint density at radius 3 is 1.04 bits per heavy atom. The van der Waals surface area contributed by atoms with E-state index in [-0.39, 0.29) is 13.2 Å². The summed E-state index contributed by atoms with van der Waals surface area (Å²) in [6.45, 7) is 2.16. The number of hydrogen-bond acceptors (Lipinski definition) is 4. The molecule has 0 unspecified atom stereocenters. The SMILES string of the molecule is OCC(O)CO.c1ccc(CN(Cc2ccccc2)Cc2ccccc2)cc1. The average Bonchev–Trinajstić information content (AvgIpc) is 2.76. The Hall–Kier alpha value is -2.50. The highest BCUT2D eigenvalue weighted by atomic mass is 16.3. The van der Waals surface area contributed by atoms with Crippen LogP contribution in [0, 0.1) is 0 Å². The molecule has 0 aliphatic carbocycles. The molecule has 0 radical (unpaired) electrons. The Labute approximate surface area is 167 Å². The van der Waals surface area contributed by atoms with Gasteiger partial charge in [0.1, 0.15) is 6.10 Å². The van der Waals surface area contributed by atoms with Crippen molar-refractivity contribution in [3.05, 3.63) is 108 Å². The predicted octanol–water partition coefficient (Wildman–Crippen LogP) is 3.22. The normalized spacial score (nSPS) is 10.6. The molecule has 0 spiro atoms. The summed E-state index contributed by atoms with van der Waals surface area (Å²) in [5.74, 6) is 0. The van der Waals surface area contributed by atoms with Gasteiger partial charge in [-0.25, -0.2) is 0 Å². The molecule has 3 aromatic rings. The summed E-state index contributed by atoms with van der Waals surface area (Å²) in [5, 5.41) is 24.0. The number of benzene rings is 3. The molecular weight excluding hydrogens is 350 g/mol. The number of rotatable bonds is 8. The first-order chi connectivity index (χ1) is 13.7. The van der Waals surface area contributed by atoms with Crippen LogP contribution in [0.15, 0.2) is 91.0 Å². The third-order valence-electron chi connectivity index (χ3n) is 4.17. The number of hydrogen-bond donors (Lipinski definition) is 3. The van der Waals surface area contributed by atoms with Crippen molar-refractivity contribution in [2.24, 2.45) is 0 Å². The van der Waals surface area contributed by atoms with Crippen molar-refractivity contribution in [2.45, 2.75) is 25.7 Å². The zero-order valence-corrected chi connectivity index (χ0v) is 16.1. The number of nitrogens with zero attached hydrogens (tertiary/aromatic N) is 1. The Morgan fingerprint density at radius 2 is 0.821 bits per heavy atom. The lowest BCUT2D eigenvalue weighted by Gasteiger charge is -2.23. The maximum Gasteiger partial charge on any atom is 0.100 e. The Kier molecular flexibility index (Phi) is 9.97. The van der Waals surface area contributed by atoms with Crippen molar-refractivity contribution in [3.8, 4) is 0 Å². The van der Waals surface area contributed by atoms with Gasteiger partial charge < -0.3 is 15.3 Å². The molecule has 0 atom stereocenters. The fourth-order valence-electron chi connectivity index (χ4n) is 2.75. The van der Waals surface area contributed by atoms with Crippen LogP contribution in [0.25, 0.3) is 0 Å². The lowest BCUT2D eigenvalue weighted by molar-refractivity contribution is 0.0450. The molecule has 0 fully saturated rings. The molecule has 0 heterocycles. The van der Waals surface area contributed by atoms with E-state index in [4.69, 9.17) is 15.3 Å². The van der Waals surface area contributed by atoms with Gasteiger partial charge in [0.25, 0.3) is 0 Å². The summed E-state index contributed by atoms with van der Waals surface area (Å²) in [4.78, 5) is 2.49. The minimum absolute atomic E-state index is 0.365. The Morgan fingerprint density at radius 1 is 0.536 bits per heavy atom. The van der Waals surface area contributed by atoms with Crippen LogP contribution in [-0.4, -0.2) is 39.5 Å². The molecule has 0 aliphatic heterocycles. The second kappa shape index (κ2) is 12.8. The number of aliphatic hydroxyl groups is 3. The minimum atomic E-state index is -0.954. The van der Waals surface area contributed by atoms with Gasteiger partial charge in [0.2, 0.25) is 0 Å². The molecule has 4 nitrogen and oxygen atoms in total. The summed E-state index contributed by atoms with van der Waals surface area (Å²) in [7, 11) is 0. The topological polar surface area (TPSA) is 63.9 Å². The quantitative estimate of drug-likeness (QED) is 0.562. The summed E-state index contributed by atoms with van der Waals surface area (Å²) in [6.07, 6.45) is -0.954. The summed E-state index contributed by atoms with van der Waals surface area (Å²) >= 11 is 0. The van der Waals surface area contributed by atoms with Crippen molar-refractivity contribution in [1.82, 2.24) is 4.90 Å². The fourth-order valence-corrected chi connectivity index (χ4v) is 2.75. The molecule has 0 amide bonds. The zero-order chi connectivity index (χ0) is 20.0. The fraction of sp³-hybridized carbons (Fsp3) is 0.250. The molecule has 0 aliphatic rings. The molecule has 0 saturated carbocycles. The van der Waals surface area contributed by atoms with Crippen molar-refractivity contribution < 1.29 is 15.3 Å². The molecule has 3 N–H and O–H groups in total. The monoisotopic (exact) mass is 379 g/mol. The maximum absolute atomic E-state index is 8.17. The van der Waals surface area contributed by atoms with Crippen LogP contribution in [0.5, 0.6) is 0 Å². The van der Waals surface area contributed by atoms with Gasteiger partial charge in [0.15, 0.2) is 0 Å². The van der Waals surface area contributed by atoms with Gasteiger partial charge in [0, 0.05) is 19.6 Å². The highest BCUT2D eigenvalue weighted by molar-refractivity contribution is 5.19. The van der Waals surface area contributed by atoms with Gasteiger partial charge in [-0.3, -0.25) is 4.90 Å². The van der Waals surface area contributed by atoms with Gasteiger partial charge >= 0.3 is 0 Å². The molecule has 4 heteroatoms. The zero-order valence-electron chi connectivity index (χ0n) is 16.1. The van der Waals surface area contributed by atoms with Crippen LogP contribution >= 0.6 is 0 Å². The molecule has 0 bridgehead atoms. The van der Waals surface area contributed by atoms with Crippen molar-refractivity contribution in [1.29, 1.82) is 0 Å². The van der Waals surface area contributed by atoms with Gasteiger partial charge in [-0.1, -0.05) is 91.0 Å². The molecule has 3 aromatic carbocycles. The van der Waals surface area contributed by atoms with Crippen LogP contribution in [0.4, 0.5) is 0 Å². The standard InChI is InChI=1S/C21H21N.C3H8O3/c1-4-10-19(11-5-1)16-22(17-20-12-6-2-7-13-20)18-21-14-8-3-9-15-21;4-1-3(6)2-5/h1-15H,16-18H2;3-6H,1-2H2. The van der Waals surface area contributed by atoms with E-state index in [0.717, 1.165) is 19.6 Å². The Bertz CT molecular complexity index is 648. The van der Waals surface area contributed by atoms with Crippen molar-refractivity contribution >= 4 is 0 Å². The molecule has 3 rings (SSSR count). The maximum atomic E-state index is 8.17. The van der Waals surface area contributed by atoms with Crippen LogP contribution < -0.4 is 0 Å². The summed E-state index contributed by atoms with van der Waals surface area (Å²) < 4.78 is 0. The van der Waals surface area contributed by atoms with Crippen LogP contribution in [0.1, 0.15) is 16.7 Å².